The molecule has 0 bridgehead atoms. The van der Waals surface area contributed by atoms with Crippen LogP contribution in [0.5, 0.6) is 0 Å². The van der Waals surface area contributed by atoms with Gasteiger partial charge in [0.1, 0.15) is 10.6 Å². The van der Waals surface area contributed by atoms with Crippen molar-refractivity contribution < 1.29 is 9.84 Å². The van der Waals surface area contributed by atoms with Crippen molar-refractivity contribution in [2.45, 2.75) is 72.0 Å². The van der Waals surface area contributed by atoms with Crippen LogP contribution in [0.25, 0.3) is 0 Å². The van der Waals surface area contributed by atoms with Gasteiger partial charge in [0.2, 0.25) is 0 Å². The maximum Gasteiger partial charge on any atom is 0.125 e. The van der Waals surface area contributed by atoms with Gasteiger partial charge in [-0.25, -0.2) is 4.98 Å². The molecule has 0 aromatic carbocycles. The summed E-state index contributed by atoms with van der Waals surface area (Å²) in [6, 6.07) is 0. The summed E-state index contributed by atoms with van der Waals surface area (Å²) in [6.45, 7) is 11.4. The third-order valence-electron chi connectivity index (χ3n) is 4.37. The number of aliphatic hydroxyl groups excluding tert-OH is 1. The Bertz CT molecular complexity index is 463. The first kappa shape index (κ1) is 15.9. The van der Waals surface area contributed by atoms with Gasteiger partial charge in [-0.3, -0.25) is 0 Å². The lowest BCUT2D eigenvalue weighted by atomic mass is 9.77. The van der Waals surface area contributed by atoms with Crippen molar-refractivity contribution in [2.75, 3.05) is 6.61 Å². The number of hydrogen-bond donors (Lipinski definition) is 1. The standard InChI is InChI=1S/C16H27NO2S/c1-6-16(7-2,19-8-3)14-17-11-9-15(4,5)10-12(18)13(11)20-14/h12,18H,6-10H2,1-5H3. The number of rotatable bonds is 5. The summed E-state index contributed by atoms with van der Waals surface area (Å²) in [4.78, 5) is 5.92. The zero-order valence-electron chi connectivity index (χ0n) is 13.3. The van der Waals surface area contributed by atoms with Crippen LogP contribution in [0.1, 0.15) is 75.6 Å². The summed E-state index contributed by atoms with van der Waals surface area (Å²) >= 11 is 1.65. The molecular formula is C16H27NO2S. The lowest BCUT2D eigenvalue weighted by Gasteiger charge is -2.31. The van der Waals surface area contributed by atoms with Crippen molar-refractivity contribution in [2.24, 2.45) is 5.41 Å². The van der Waals surface area contributed by atoms with E-state index in [1.165, 1.54) is 0 Å². The van der Waals surface area contributed by atoms with Crippen LogP contribution in [0, 0.1) is 5.41 Å². The maximum atomic E-state index is 10.4. The van der Waals surface area contributed by atoms with E-state index in [9.17, 15) is 5.11 Å². The highest BCUT2D eigenvalue weighted by atomic mass is 32.1. The number of fused-ring (bicyclic) bond motifs is 1. The predicted molar refractivity (Wildman–Crippen MR) is 83.1 cm³/mol. The van der Waals surface area contributed by atoms with Crippen LogP contribution in [0.15, 0.2) is 0 Å². The third kappa shape index (κ3) is 2.78. The predicted octanol–water partition coefficient (Wildman–Crippen LogP) is 4.20. The Hall–Kier alpha value is -0.450. The molecule has 0 saturated carbocycles. The Labute approximate surface area is 126 Å². The highest BCUT2D eigenvalue weighted by Crippen LogP contribution is 2.46. The van der Waals surface area contributed by atoms with Crippen LogP contribution in [0.2, 0.25) is 0 Å². The third-order valence-corrected chi connectivity index (χ3v) is 5.76. The van der Waals surface area contributed by atoms with E-state index >= 15 is 0 Å². The molecule has 1 N–H and O–H groups in total. The van der Waals surface area contributed by atoms with Crippen molar-refractivity contribution in [3.05, 3.63) is 15.6 Å². The minimum absolute atomic E-state index is 0.129. The molecule has 0 fully saturated rings. The zero-order valence-corrected chi connectivity index (χ0v) is 14.1. The molecule has 114 valence electrons. The van der Waals surface area contributed by atoms with E-state index in [1.807, 2.05) is 6.92 Å². The van der Waals surface area contributed by atoms with Gasteiger partial charge < -0.3 is 9.84 Å². The van der Waals surface area contributed by atoms with Crippen molar-refractivity contribution in [1.29, 1.82) is 0 Å². The van der Waals surface area contributed by atoms with Gasteiger partial charge in [0.05, 0.1) is 16.7 Å². The lowest BCUT2D eigenvalue weighted by Crippen LogP contribution is -2.28. The first-order valence-corrected chi connectivity index (χ1v) is 8.51. The average Bonchev–Trinajstić information content (AvgIpc) is 2.79. The van der Waals surface area contributed by atoms with Crippen LogP contribution in [0.3, 0.4) is 0 Å². The van der Waals surface area contributed by atoms with Gasteiger partial charge in [0.15, 0.2) is 0 Å². The molecule has 1 atom stereocenters. The second-order valence-corrected chi connectivity index (χ2v) is 7.56. The quantitative estimate of drug-likeness (QED) is 0.885. The van der Waals surface area contributed by atoms with Gasteiger partial charge in [-0.05, 0) is 38.0 Å². The molecule has 1 aliphatic rings. The summed E-state index contributed by atoms with van der Waals surface area (Å²) < 4.78 is 6.05. The second kappa shape index (κ2) is 5.74. The van der Waals surface area contributed by atoms with Gasteiger partial charge in [0.25, 0.3) is 0 Å². The first-order valence-electron chi connectivity index (χ1n) is 7.69. The molecule has 1 unspecified atom stereocenters. The van der Waals surface area contributed by atoms with E-state index in [4.69, 9.17) is 9.72 Å². The van der Waals surface area contributed by atoms with Crippen LogP contribution in [0.4, 0.5) is 0 Å². The van der Waals surface area contributed by atoms with Crippen molar-refractivity contribution >= 4 is 11.3 Å². The Kier molecular flexibility index (Phi) is 4.57. The lowest BCUT2D eigenvalue weighted by molar-refractivity contribution is -0.0507. The van der Waals surface area contributed by atoms with Gasteiger partial charge >= 0.3 is 0 Å². The van der Waals surface area contributed by atoms with E-state index in [0.717, 1.165) is 41.3 Å². The Morgan fingerprint density at radius 3 is 2.55 bits per heavy atom. The molecule has 0 saturated heterocycles. The van der Waals surface area contributed by atoms with Gasteiger partial charge in [-0.2, -0.15) is 0 Å². The summed E-state index contributed by atoms with van der Waals surface area (Å²) in [6.07, 6.45) is 3.24. The van der Waals surface area contributed by atoms with Crippen molar-refractivity contribution in [3.8, 4) is 0 Å². The number of ether oxygens (including phenoxy) is 1. The van der Waals surface area contributed by atoms with Gasteiger partial charge in [-0.1, -0.05) is 27.7 Å². The summed E-state index contributed by atoms with van der Waals surface area (Å²) in [7, 11) is 0. The molecule has 1 aromatic heterocycles. The molecule has 3 nitrogen and oxygen atoms in total. The average molecular weight is 297 g/mol. The monoisotopic (exact) mass is 297 g/mol. The van der Waals surface area contributed by atoms with E-state index in [2.05, 4.69) is 27.7 Å². The van der Waals surface area contributed by atoms with Crippen LogP contribution >= 0.6 is 11.3 Å². The van der Waals surface area contributed by atoms with E-state index in [1.54, 1.807) is 11.3 Å². The number of aliphatic hydroxyl groups is 1. The smallest absolute Gasteiger partial charge is 0.125 e. The SMILES string of the molecule is CCOC(CC)(CC)c1nc2c(s1)C(O)CC(C)(C)C2. The molecule has 20 heavy (non-hydrogen) atoms. The number of nitrogens with zero attached hydrogens (tertiary/aromatic N) is 1. The minimum atomic E-state index is -0.368. The molecule has 0 amide bonds. The molecule has 0 spiro atoms. The topological polar surface area (TPSA) is 42.4 Å². The first-order chi connectivity index (χ1) is 9.37. The van der Waals surface area contributed by atoms with E-state index in [-0.39, 0.29) is 17.1 Å². The minimum Gasteiger partial charge on any atom is -0.387 e. The Morgan fingerprint density at radius 2 is 2.00 bits per heavy atom. The Balaban J connectivity index is 2.41. The van der Waals surface area contributed by atoms with Crippen molar-refractivity contribution in [3.63, 3.8) is 0 Å². The Morgan fingerprint density at radius 1 is 1.35 bits per heavy atom. The molecule has 1 aromatic rings. The molecule has 4 heteroatoms. The van der Waals surface area contributed by atoms with Crippen LogP contribution in [-0.2, 0) is 16.8 Å². The van der Waals surface area contributed by atoms with Crippen molar-refractivity contribution in [1.82, 2.24) is 4.98 Å². The normalized spacial score (nSPS) is 21.8. The van der Waals surface area contributed by atoms with Crippen LogP contribution in [-0.4, -0.2) is 16.7 Å². The van der Waals surface area contributed by atoms with E-state index < -0.39 is 0 Å². The van der Waals surface area contributed by atoms with Gasteiger partial charge in [-0.15, -0.1) is 11.3 Å². The summed E-state index contributed by atoms with van der Waals surface area (Å²) in [5.74, 6) is 0. The molecule has 2 rings (SSSR count). The fourth-order valence-electron chi connectivity index (χ4n) is 3.18. The molecule has 1 aliphatic carbocycles. The summed E-state index contributed by atoms with van der Waals surface area (Å²) in [5.41, 5.74) is 0.935. The largest absolute Gasteiger partial charge is 0.387 e. The molecular weight excluding hydrogens is 270 g/mol. The summed E-state index contributed by atoms with van der Waals surface area (Å²) in [5, 5.41) is 11.4. The van der Waals surface area contributed by atoms with E-state index in [0.29, 0.717) is 6.61 Å². The number of thiazole rings is 1. The van der Waals surface area contributed by atoms with Gasteiger partial charge in [0, 0.05) is 6.61 Å². The maximum absolute atomic E-state index is 10.4. The zero-order chi connectivity index (χ0) is 15.0. The fourth-order valence-corrected chi connectivity index (χ4v) is 4.53. The molecule has 0 radical (unpaired) electrons. The highest BCUT2D eigenvalue weighted by molar-refractivity contribution is 7.12. The second-order valence-electron chi connectivity index (χ2n) is 6.53. The molecule has 1 heterocycles. The van der Waals surface area contributed by atoms with Crippen LogP contribution < -0.4 is 0 Å². The molecule has 0 aliphatic heterocycles. The number of aromatic nitrogens is 1. The fraction of sp³-hybridized carbons (Fsp3) is 0.812. The highest BCUT2D eigenvalue weighted by Gasteiger charge is 2.38. The number of hydrogen-bond acceptors (Lipinski definition) is 4.